The third-order valence-electron chi connectivity index (χ3n) is 2.25. The molecular formula is C9H15IN4. The van der Waals surface area contributed by atoms with E-state index in [1.54, 1.807) is 6.20 Å². The molecule has 0 radical (unpaired) electrons. The summed E-state index contributed by atoms with van der Waals surface area (Å²) in [6, 6.07) is 0.0493. The second kappa shape index (κ2) is 4.39. The Kier molecular flexibility index (Phi) is 3.65. The lowest BCUT2D eigenvalue weighted by molar-refractivity contribution is 0.468. The molecule has 1 atom stereocenters. The van der Waals surface area contributed by atoms with Crippen LogP contribution in [0.5, 0.6) is 0 Å². The van der Waals surface area contributed by atoms with E-state index in [9.17, 15) is 0 Å². The smallest absolute Gasteiger partial charge is 0.143 e. The van der Waals surface area contributed by atoms with Gasteiger partial charge < -0.3 is 11.1 Å². The average Bonchev–Trinajstić information content (AvgIpc) is 2.08. The van der Waals surface area contributed by atoms with Gasteiger partial charge in [0.05, 0.1) is 3.57 Å². The lowest BCUT2D eigenvalue weighted by atomic mass is 9.97. The van der Waals surface area contributed by atoms with Crippen LogP contribution < -0.4 is 11.1 Å². The first-order valence-electron chi connectivity index (χ1n) is 4.43. The highest BCUT2D eigenvalue weighted by atomic mass is 127. The first-order valence-corrected chi connectivity index (χ1v) is 5.50. The normalized spacial score (nSPS) is 13.8. The number of nitrogens with zero attached hydrogens (tertiary/aromatic N) is 2. The molecule has 0 saturated heterocycles. The van der Waals surface area contributed by atoms with Gasteiger partial charge in [0.25, 0.3) is 0 Å². The molecule has 1 aromatic rings. The Hall–Kier alpha value is -0.430. The molecule has 3 N–H and O–H groups in total. The number of hydrogen-bond acceptors (Lipinski definition) is 4. The summed E-state index contributed by atoms with van der Waals surface area (Å²) < 4.78 is 0.999. The predicted octanol–water partition coefficient (Wildman–Crippen LogP) is 1.62. The zero-order valence-electron chi connectivity index (χ0n) is 8.58. The SMILES string of the molecule is CC(N)C(C)(C)Nc1ncncc1I. The summed E-state index contributed by atoms with van der Waals surface area (Å²) in [5.41, 5.74) is 5.69. The van der Waals surface area contributed by atoms with Crippen LogP contribution in [-0.2, 0) is 0 Å². The summed E-state index contributed by atoms with van der Waals surface area (Å²) in [7, 11) is 0. The molecular weight excluding hydrogens is 291 g/mol. The second-order valence-corrected chi connectivity index (χ2v) is 5.02. The molecule has 0 aliphatic heterocycles. The van der Waals surface area contributed by atoms with Crippen LogP contribution in [0.3, 0.4) is 0 Å². The van der Waals surface area contributed by atoms with Crippen molar-refractivity contribution in [3.63, 3.8) is 0 Å². The van der Waals surface area contributed by atoms with E-state index in [4.69, 9.17) is 5.73 Å². The van der Waals surface area contributed by atoms with Crippen molar-refractivity contribution in [2.75, 3.05) is 5.32 Å². The Bertz CT molecular complexity index is 311. The van der Waals surface area contributed by atoms with Gasteiger partial charge in [-0.1, -0.05) is 0 Å². The van der Waals surface area contributed by atoms with E-state index in [2.05, 4.69) is 51.7 Å². The number of halogens is 1. The minimum absolute atomic E-state index is 0.0493. The lowest BCUT2D eigenvalue weighted by Gasteiger charge is -2.31. The summed E-state index contributed by atoms with van der Waals surface area (Å²) in [6.07, 6.45) is 3.30. The molecule has 1 aromatic heterocycles. The maximum Gasteiger partial charge on any atom is 0.143 e. The van der Waals surface area contributed by atoms with Crippen LogP contribution in [0.1, 0.15) is 20.8 Å². The first-order chi connectivity index (χ1) is 6.43. The van der Waals surface area contributed by atoms with Crippen molar-refractivity contribution in [3.05, 3.63) is 16.1 Å². The van der Waals surface area contributed by atoms with Crippen molar-refractivity contribution in [2.45, 2.75) is 32.4 Å². The molecule has 0 aliphatic rings. The summed E-state index contributed by atoms with van der Waals surface area (Å²) in [5, 5.41) is 3.30. The topological polar surface area (TPSA) is 63.8 Å². The molecule has 1 rings (SSSR count). The Labute approximate surface area is 97.8 Å². The van der Waals surface area contributed by atoms with Crippen LogP contribution >= 0.6 is 22.6 Å². The number of anilines is 1. The molecule has 0 saturated carbocycles. The van der Waals surface area contributed by atoms with E-state index < -0.39 is 0 Å². The standard InChI is InChI=1S/C9H15IN4/c1-6(11)9(2,3)14-8-7(10)4-12-5-13-8/h4-6H,11H2,1-3H3,(H,12,13,14). The Morgan fingerprint density at radius 1 is 1.57 bits per heavy atom. The number of nitrogens with two attached hydrogens (primary N) is 1. The summed E-state index contributed by atoms with van der Waals surface area (Å²) in [5.74, 6) is 0.836. The van der Waals surface area contributed by atoms with Crippen LogP contribution in [0.15, 0.2) is 12.5 Å². The quantitative estimate of drug-likeness (QED) is 0.833. The Balaban J connectivity index is 2.84. The molecule has 4 nitrogen and oxygen atoms in total. The molecule has 5 heteroatoms. The van der Waals surface area contributed by atoms with Crippen molar-refractivity contribution < 1.29 is 0 Å². The van der Waals surface area contributed by atoms with Crippen LogP contribution in [0, 0.1) is 3.57 Å². The maximum atomic E-state index is 5.86. The fourth-order valence-electron chi connectivity index (χ4n) is 0.824. The Morgan fingerprint density at radius 2 is 2.21 bits per heavy atom. The van der Waals surface area contributed by atoms with Crippen LogP contribution in [-0.4, -0.2) is 21.5 Å². The highest BCUT2D eigenvalue weighted by molar-refractivity contribution is 14.1. The van der Waals surface area contributed by atoms with Gasteiger partial charge in [-0.15, -0.1) is 0 Å². The van der Waals surface area contributed by atoms with Crippen molar-refractivity contribution in [1.82, 2.24) is 9.97 Å². The third-order valence-corrected chi connectivity index (χ3v) is 3.04. The molecule has 0 amide bonds. The van der Waals surface area contributed by atoms with Crippen LogP contribution in [0.2, 0.25) is 0 Å². The summed E-state index contributed by atoms with van der Waals surface area (Å²) in [4.78, 5) is 8.09. The zero-order chi connectivity index (χ0) is 10.8. The van der Waals surface area contributed by atoms with E-state index >= 15 is 0 Å². The van der Waals surface area contributed by atoms with Gasteiger partial charge in [0.1, 0.15) is 12.1 Å². The van der Waals surface area contributed by atoms with Gasteiger partial charge >= 0.3 is 0 Å². The molecule has 0 aromatic carbocycles. The lowest BCUT2D eigenvalue weighted by Crippen LogP contribution is -2.47. The number of aromatic nitrogens is 2. The van der Waals surface area contributed by atoms with Crippen LogP contribution in [0.25, 0.3) is 0 Å². The van der Waals surface area contributed by atoms with E-state index in [0.717, 1.165) is 9.39 Å². The second-order valence-electron chi connectivity index (χ2n) is 3.85. The molecule has 1 heterocycles. The zero-order valence-corrected chi connectivity index (χ0v) is 10.7. The average molecular weight is 306 g/mol. The van der Waals surface area contributed by atoms with E-state index in [1.807, 2.05) is 6.92 Å². The fourth-order valence-corrected chi connectivity index (χ4v) is 1.26. The van der Waals surface area contributed by atoms with Gasteiger partial charge in [0.2, 0.25) is 0 Å². The summed E-state index contributed by atoms with van der Waals surface area (Å²) >= 11 is 2.20. The van der Waals surface area contributed by atoms with Gasteiger partial charge in [-0.05, 0) is 43.4 Å². The minimum Gasteiger partial charge on any atom is -0.363 e. The number of nitrogens with one attached hydrogen (secondary N) is 1. The molecule has 0 spiro atoms. The monoisotopic (exact) mass is 306 g/mol. The van der Waals surface area contributed by atoms with Gasteiger partial charge in [0, 0.05) is 17.8 Å². The molecule has 0 fully saturated rings. The fraction of sp³-hybridized carbons (Fsp3) is 0.556. The number of hydrogen-bond donors (Lipinski definition) is 2. The van der Waals surface area contributed by atoms with Gasteiger partial charge in [-0.25, -0.2) is 9.97 Å². The highest BCUT2D eigenvalue weighted by Gasteiger charge is 2.23. The van der Waals surface area contributed by atoms with Gasteiger partial charge in [0.15, 0.2) is 0 Å². The molecule has 0 aliphatic carbocycles. The van der Waals surface area contributed by atoms with E-state index in [1.165, 1.54) is 6.33 Å². The molecule has 78 valence electrons. The van der Waals surface area contributed by atoms with E-state index in [0.29, 0.717) is 0 Å². The summed E-state index contributed by atoms with van der Waals surface area (Å²) in [6.45, 7) is 6.08. The van der Waals surface area contributed by atoms with Gasteiger partial charge in [-0.3, -0.25) is 0 Å². The molecule has 0 bridgehead atoms. The van der Waals surface area contributed by atoms with Crippen molar-refractivity contribution >= 4 is 28.4 Å². The van der Waals surface area contributed by atoms with Gasteiger partial charge in [-0.2, -0.15) is 0 Å². The first kappa shape index (κ1) is 11.6. The van der Waals surface area contributed by atoms with Crippen molar-refractivity contribution in [3.8, 4) is 0 Å². The number of rotatable bonds is 3. The molecule has 14 heavy (non-hydrogen) atoms. The maximum absolute atomic E-state index is 5.86. The highest BCUT2D eigenvalue weighted by Crippen LogP contribution is 2.19. The molecule has 1 unspecified atom stereocenters. The predicted molar refractivity (Wildman–Crippen MR) is 66.1 cm³/mol. The van der Waals surface area contributed by atoms with E-state index in [-0.39, 0.29) is 11.6 Å². The largest absolute Gasteiger partial charge is 0.363 e. The van der Waals surface area contributed by atoms with Crippen LogP contribution in [0.4, 0.5) is 5.82 Å². The van der Waals surface area contributed by atoms with Crippen molar-refractivity contribution in [2.24, 2.45) is 5.73 Å². The third kappa shape index (κ3) is 2.78. The Morgan fingerprint density at radius 3 is 2.71 bits per heavy atom. The van der Waals surface area contributed by atoms with Crippen molar-refractivity contribution in [1.29, 1.82) is 0 Å². The minimum atomic E-state index is -0.172.